The Morgan fingerprint density at radius 3 is 2.41 bits per heavy atom. The molecule has 0 aliphatic heterocycles. The molecule has 0 atom stereocenters. The maximum atomic E-state index is 11.7. The van der Waals surface area contributed by atoms with Crippen LogP contribution in [0.2, 0.25) is 0 Å². The summed E-state index contributed by atoms with van der Waals surface area (Å²) in [6.45, 7) is 6.77. The summed E-state index contributed by atoms with van der Waals surface area (Å²) in [5, 5.41) is 8.44. The molecule has 0 radical (unpaired) electrons. The van der Waals surface area contributed by atoms with Crippen LogP contribution in [-0.4, -0.2) is 49.4 Å². The van der Waals surface area contributed by atoms with E-state index >= 15 is 0 Å². The fraction of sp³-hybridized carbons (Fsp3) is 0.846. The van der Waals surface area contributed by atoms with E-state index in [2.05, 4.69) is 18.7 Å². The van der Waals surface area contributed by atoms with Crippen molar-refractivity contribution in [1.29, 1.82) is 5.26 Å². The molecule has 0 spiro atoms. The minimum absolute atomic E-state index is 0.122. The van der Waals surface area contributed by atoms with E-state index in [4.69, 9.17) is 5.26 Å². The highest BCUT2D eigenvalue weighted by Crippen LogP contribution is 2.01. The van der Waals surface area contributed by atoms with Crippen molar-refractivity contribution in [2.24, 2.45) is 5.92 Å². The van der Waals surface area contributed by atoms with Gasteiger partial charge in [0.05, 0.1) is 12.5 Å². The van der Waals surface area contributed by atoms with Crippen molar-refractivity contribution >= 4 is 5.91 Å². The zero-order valence-corrected chi connectivity index (χ0v) is 11.6. The van der Waals surface area contributed by atoms with Crippen LogP contribution in [0.1, 0.15) is 33.1 Å². The molecule has 0 fully saturated rings. The third kappa shape index (κ3) is 8.70. The van der Waals surface area contributed by atoms with Crippen LogP contribution < -0.4 is 0 Å². The topological polar surface area (TPSA) is 47.3 Å². The predicted molar refractivity (Wildman–Crippen MR) is 69.4 cm³/mol. The van der Waals surface area contributed by atoms with Gasteiger partial charge in [-0.15, -0.1) is 0 Å². The summed E-state index contributed by atoms with van der Waals surface area (Å²) < 4.78 is 0. The van der Waals surface area contributed by atoms with Gasteiger partial charge in [0, 0.05) is 26.6 Å². The fourth-order valence-corrected chi connectivity index (χ4v) is 1.41. The lowest BCUT2D eigenvalue weighted by molar-refractivity contribution is -0.130. The number of rotatable bonds is 8. The van der Waals surface area contributed by atoms with Gasteiger partial charge in [-0.1, -0.05) is 13.8 Å². The Bertz CT molecular complexity index is 258. The third-order valence-corrected chi connectivity index (χ3v) is 2.78. The van der Waals surface area contributed by atoms with Crippen molar-refractivity contribution in [3.8, 4) is 6.07 Å². The highest BCUT2D eigenvalue weighted by Gasteiger charge is 2.09. The van der Waals surface area contributed by atoms with Crippen LogP contribution in [0.5, 0.6) is 0 Å². The molecule has 0 heterocycles. The van der Waals surface area contributed by atoms with Gasteiger partial charge in [-0.3, -0.25) is 4.79 Å². The third-order valence-electron chi connectivity index (χ3n) is 2.78. The molecule has 0 aromatic heterocycles. The summed E-state index contributed by atoms with van der Waals surface area (Å²) in [5.41, 5.74) is 0. The van der Waals surface area contributed by atoms with Crippen LogP contribution >= 0.6 is 0 Å². The van der Waals surface area contributed by atoms with Crippen molar-refractivity contribution in [2.75, 3.05) is 33.7 Å². The Kier molecular flexibility index (Phi) is 8.43. The lowest BCUT2D eigenvalue weighted by Gasteiger charge is -2.20. The number of amides is 1. The molecule has 1 amide bonds. The van der Waals surface area contributed by atoms with Crippen molar-refractivity contribution in [3.05, 3.63) is 0 Å². The molecule has 4 nitrogen and oxygen atoms in total. The van der Waals surface area contributed by atoms with Crippen molar-refractivity contribution in [3.63, 3.8) is 0 Å². The Balaban J connectivity index is 3.72. The quantitative estimate of drug-likeness (QED) is 0.648. The first-order valence-electron chi connectivity index (χ1n) is 6.26. The Hall–Kier alpha value is -1.08. The Morgan fingerprint density at radius 1 is 1.24 bits per heavy atom. The molecule has 17 heavy (non-hydrogen) atoms. The Labute approximate surface area is 105 Å². The summed E-state index contributed by atoms with van der Waals surface area (Å²) in [7, 11) is 3.80. The molecule has 0 saturated carbocycles. The molecule has 0 saturated heterocycles. The van der Waals surface area contributed by atoms with Gasteiger partial charge in [0.15, 0.2) is 0 Å². The second kappa shape index (κ2) is 9.00. The number of nitriles is 1. The summed E-state index contributed by atoms with van der Waals surface area (Å²) in [6.07, 6.45) is 2.11. The van der Waals surface area contributed by atoms with Gasteiger partial charge in [-0.25, -0.2) is 0 Å². The minimum Gasteiger partial charge on any atom is -0.345 e. The van der Waals surface area contributed by atoms with Gasteiger partial charge in [0.2, 0.25) is 5.91 Å². The van der Waals surface area contributed by atoms with E-state index in [1.165, 1.54) is 0 Å². The van der Waals surface area contributed by atoms with Crippen LogP contribution in [0, 0.1) is 17.2 Å². The number of hydrogen-bond donors (Lipinski definition) is 0. The van der Waals surface area contributed by atoms with Crippen LogP contribution in [0.15, 0.2) is 0 Å². The summed E-state index contributed by atoms with van der Waals surface area (Å²) in [5.74, 6) is 0.822. The van der Waals surface area contributed by atoms with Crippen LogP contribution in [0.3, 0.4) is 0 Å². The maximum Gasteiger partial charge on any atom is 0.223 e. The van der Waals surface area contributed by atoms with Crippen molar-refractivity contribution in [1.82, 2.24) is 9.80 Å². The normalized spacial score (nSPS) is 10.6. The highest BCUT2D eigenvalue weighted by molar-refractivity contribution is 5.76. The molecule has 0 unspecified atom stereocenters. The molecule has 0 aliphatic carbocycles. The minimum atomic E-state index is 0.122. The zero-order valence-electron chi connectivity index (χ0n) is 11.6. The van der Waals surface area contributed by atoms with E-state index in [1.54, 1.807) is 11.9 Å². The SMILES string of the molecule is CC(C)CCN(C)CCC(=O)N(C)CCC#N. The van der Waals surface area contributed by atoms with Gasteiger partial charge in [0.1, 0.15) is 0 Å². The van der Waals surface area contributed by atoms with Gasteiger partial charge in [0.25, 0.3) is 0 Å². The van der Waals surface area contributed by atoms with Crippen LogP contribution in [0.25, 0.3) is 0 Å². The predicted octanol–water partition coefficient (Wildman–Crippen LogP) is 1.73. The van der Waals surface area contributed by atoms with Gasteiger partial charge in [-0.05, 0) is 25.9 Å². The summed E-state index contributed by atoms with van der Waals surface area (Å²) in [4.78, 5) is 15.5. The first-order chi connectivity index (χ1) is 7.97. The van der Waals surface area contributed by atoms with E-state index in [-0.39, 0.29) is 5.91 Å². The smallest absolute Gasteiger partial charge is 0.223 e. The van der Waals surface area contributed by atoms with Crippen molar-refractivity contribution in [2.45, 2.75) is 33.1 Å². The second-order valence-corrected chi connectivity index (χ2v) is 4.96. The highest BCUT2D eigenvalue weighted by atomic mass is 16.2. The van der Waals surface area contributed by atoms with E-state index < -0.39 is 0 Å². The lowest BCUT2D eigenvalue weighted by atomic mass is 10.1. The number of nitrogens with zero attached hydrogens (tertiary/aromatic N) is 3. The van der Waals surface area contributed by atoms with E-state index in [1.807, 2.05) is 13.1 Å². The zero-order chi connectivity index (χ0) is 13.3. The number of hydrogen-bond acceptors (Lipinski definition) is 3. The summed E-state index contributed by atoms with van der Waals surface area (Å²) in [6, 6.07) is 2.05. The van der Waals surface area contributed by atoms with Crippen molar-refractivity contribution < 1.29 is 4.79 Å². The van der Waals surface area contributed by atoms with Crippen LogP contribution in [0.4, 0.5) is 0 Å². The fourth-order valence-electron chi connectivity index (χ4n) is 1.41. The molecule has 0 aromatic carbocycles. The molecule has 4 heteroatoms. The average molecular weight is 239 g/mol. The molecule has 0 N–H and O–H groups in total. The largest absolute Gasteiger partial charge is 0.345 e. The van der Waals surface area contributed by atoms with Crippen LogP contribution in [-0.2, 0) is 4.79 Å². The Morgan fingerprint density at radius 2 is 1.88 bits per heavy atom. The molecule has 0 aliphatic rings. The maximum absolute atomic E-state index is 11.7. The van der Waals surface area contributed by atoms with E-state index in [0.29, 0.717) is 25.3 Å². The van der Waals surface area contributed by atoms with E-state index in [9.17, 15) is 4.79 Å². The molecular weight excluding hydrogens is 214 g/mol. The number of carbonyl (C=O) groups excluding carboxylic acids is 1. The van der Waals surface area contributed by atoms with Gasteiger partial charge < -0.3 is 9.80 Å². The summed E-state index contributed by atoms with van der Waals surface area (Å²) >= 11 is 0. The molecule has 0 rings (SSSR count). The molecule has 0 aromatic rings. The molecular formula is C13H25N3O. The monoisotopic (exact) mass is 239 g/mol. The first-order valence-corrected chi connectivity index (χ1v) is 6.26. The van der Waals surface area contributed by atoms with Gasteiger partial charge >= 0.3 is 0 Å². The molecule has 98 valence electrons. The molecule has 0 bridgehead atoms. The first kappa shape index (κ1) is 15.9. The number of carbonyl (C=O) groups is 1. The standard InChI is InChI=1S/C13H25N3O/c1-12(2)6-10-15(3)11-7-13(17)16(4)9-5-8-14/h12H,5-7,9-11H2,1-4H3. The van der Waals surface area contributed by atoms with Gasteiger partial charge in [-0.2, -0.15) is 5.26 Å². The van der Waals surface area contributed by atoms with E-state index in [0.717, 1.165) is 19.5 Å². The second-order valence-electron chi connectivity index (χ2n) is 4.96. The average Bonchev–Trinajstić information content (AvgIpc) is 2.30. The lowest BCUT2D eigenvalue weighted by Crippen LogP contribution is -2.31.